The average molecular weight is 756 g/mol. The highest BCUT2D eigenvalue weighted by atomic mass is 35.5. The predicted octanol–water partition coefficient (Wildman–Crippen LogP) is 6.00. The highest BCUT2D eigenvalue weighted by molar-refractivity contribution is 6.31. The van der Waals surface area contributed by atoms with Crippen molar-refractivity contribution in [2.24, 2.45) is 0 Å². The van der Waals surface area contributed by atoms with Gasteiger partial charge in [-0.25, -0.2) is 9.78 Å². The Kier molecular flexibility index (Phi) is 10.1. The van der Waals surface area contributed by atoms with Crippen molar-refractivity contribution in [1.29, 1.82) is 0 Å². The molecule has 18 heteroatoms. The van der Waals surface area contributed by atoms with E-state index in [1.54, 1.807) is 6.07 Å². The first-order valence-electron chi connectivity index (χ1n) is 16.1. The van der Waals surface area contributed by atoms with Crippen LogP contribution >= 0.6 is 11.6 Å². The Bertz CT molecular complexity index is 2030. The topological polar surface area (TPSA) is 130 Å². The highest BCUT2D eigenvalue weighted by Gasteiger charge is 2.44. The number of piperidine rings is 1. The number of carboxylic acid groups (broad SMARTS) is 1. The first-order chi connectivity index (χ1) is 24.5. The molecule has 4 aromatic rings. The van der Waals surface area contributed by atoms with Crippen molar-refractivity contribution in [1.82, 2.24) is 23.9 Å². The maximum absolute atomic E-state index is 14.4. The van der Waals surface area contributed by atoms with Gasteiger partial charge >= 0.3 is 18.4 Å². The third-order valence-electron chi connectivity index (χ3n) is 9.56. The molecule has 0 bridgehead atoms. The Balaban J connectivity index is 1.21. The Morgan fingerprint density at radius 1 is 1.02 bits per heavy atom. The molecule has 6 rings (SSSR count). The smallest absolute Gasteiger partial charge is 0.416 e. The normalized spacial score (nSPS) is 18.8. The molecule has 2 atom stereocenters. The number of ether oxygens (including phenoxy) is 1. The lowest BCUT2D eigenvalue weighted by atomic mass is 9.89. The molecule has 52 heavy (non-hydrogen) atoms. The molecule has 2 aromatic carbocycles. The van der Waals surface area contributed by atoms with Gasteiger partial charge < -0.3 is 19.8 Å². The molecule has 2 aromatic heterocycles. The van der Waals surface area contributed by atoms with E-state index in [0.717, 1.165) is 32.5 Å². The molecule has 2 N–H and O–H groups in total. The number of benzene rings is 2. The molecule has 0 spiro atoms. The summed E-state index contributed by atoms with van der Waals surface area (Å²) < 4.78 is 92.1. The second kappa shape index (κ2) is 14.1. The van der Waals surface area contributed by atoms with Crippen LogP contribution < -0.4 is 5.56 Å². The van der Waals surface area contributed by atoms with Crippen molar-refractivity contribution in [2.75, 3.05) is 32.8 Å². The van der Waals surface area contributed by atoms with Gasteiger partial charge in [-0.1, -0.05) is 48.0 Å². The Labute approximate surface area is 296 Å². The number of nitrogens with zero attached hydrogens (tertiary/aromatic N) is 5. The van der Waals surface area contributed by atoms with Gasteiger partial charge in [0.1, 0.15) is 11.5 Å². The van der Waals surface area contributed by atoms with E-state index in [1.807, 2.05) is 0 Å². The number of fused-ring (bicyclic) bond motifs is 1. The van der Waals surface area contributed by atoms with Crippen molar-refractivity contribution in [2.45, 2.75) is 55.7 Å². The summed E-state index contributed by atoms with van der Waals surface area (Å²) in [6.07, 6.45) is -10.8. The number of alkyl halides is 6. The zero-order chi connectivity index (χ0) is 37.6. The average Bonchev–Trinajstić information content (AvgIpc) is 3.44. The van der Waals surface area contributed by atoms with E-state index in [-0.39, 0.29) is 85.2 Å². The second-order valence-corrected chi connectivity index (χ2v) is 13.3. The first-order valence-corrected chi connectivity index (χ1v) is 16.5. The van der Waals surface area contributed by atoms with E-state index < -0.39 is 59.5 Å². The number of rotatable bonds is 7. The van der Waals surface area contributed by atoms with E-state index in [4.69, 9.17) is 16.3 Å². The Hall–Kier alpha value is -4.61. The maximum Gasteiger partial charge on any atom is 0.416 e. The quantitative estimate of drug-likeness (QED) is 0.222. The summed E-state index contributed by atoms with van der Waals surface area (Å²) in [4.78, 5) is 44.7. The minimum atomic E-state index is -4.90. The zero-order valence-electron chi connectivity index (χ0n) is 27.2. The summed E-state index contributed by atoms with van der Waals surface area (Å²) >= 11 is 6.44. The number of carbonyl (C=O) groups excluding carboxylic acids is 1. The molecule has 1 unspecified atom stereocenters. The van der Waals surface area contributed by atoms with E-state index in [2.05, 4.69) is 4.98 Å². The van der Waals surface area contributed by atoms with Crippen LogP contribution in [-0.2, 0) is 22.3 Å². The fourth-order valence-corrected chi connectivity index (χ4v) is 7.10. The van der Waals surface area contributed by atoms with E-state index >= 15 is 0 Å². The highest BCUT2D eigenvalue weighted by Crippen LogP contribution is 2.40. The molecule has 0 radical (unpaired) electrons. The van der Waals surface area contributed by atoms with Gasteiger partial charge in [0.25, 0.3) is 5.56 Å². The van der Waals surface area contributed by atoms with Gasteiger partial charge in [0.2, 0.25) is 5.91 Å². The van der Waals surface area contributed by atoms with Gasteiger partial charge in [0.05, 0.1) is 48.3 Å². The molecular weight excluding hydrogens is 724 g/mol. The van der Waals surface area contributed by atoms with E-state index in [9.17, 15) is 50.9 Å². The first kappa shape index (κ1) is 37.2. The number of aliphatic hydroxyl groups is 1. The summed E-state index contributed by atoms with van der Waals surface area (Å²) in [6.45, 7) is -0.771. The Morgan fingerprint density at radius 3 is 2.35 bits per heavy atom. The van der Waals surface area contributed by atoms with Crippen LogP contribution in [-0.4, -0.2) is 90.8 Å². The van der Waals surface area contributed by atoms with Gasteiger partial charge in [0, 0.05) is 31.7 Å². The van der Waals surface area contributed by atoms with Crippen LogP contribution in [0.1, 0.15) is 47.9 Å². The van der Waals surface area contributed by atoms with E-state index in [1.165, 1.54) is 41.3 Å². The predicted molar refractivity (Wildman–Crippen MR) is 174 cm³/mol. The maximum atomic E-state index is 14.4. The summed E-state index contributed by atoms with van der Waals surface area (Å²) in [5.74, 6) is -2.72. The molecule has 4 heterocycles. The minimum absolute atomic E-state index is 0.0346. The number of likely N-dealkylation sites (tertiary alicyclic amines) is 1. The lowest BCUT2D eigenvalue weighted by molar-refractivity contribution is -0.162. The van der Waals surface area contributed by atoms with E-state index in [0.29, 0.717) is 0 Å². The standard InChI is InChI=1S/C34H32ClF6N5O6/c35-27-15-23-29(46(27)21-6-7-22(25(14-21)34(39,40)41)26-17-52-13-12-45(26)31(49)50)42-19-44(30(23)48)18-32(51)8-10-43(11-9-32)28(47)16-24(33(36,37)38)20-4-2-1-3-5-20/h1-7,14-15,19,24,26,51H,8-13,16-18H2,(H,49,50)/t24?,26-/m1/s1. The summed E-state index contributed by atoms with van der Waals surface area (Å²) in [5.41, 5.74) is -3.86. The molecule has 11 nitrogen and oxygen atoms in total. The molecule has 2 aliphatic heterocycles. The van der Waals surface area contributed by atoms with Gasteiger partial charge in [-0.3, -0.25) is 23.6 Å². The third kappa shape index (κ3) is 7.47. The number of halogens is 7. The molecule has 0 aliphatic carbocycles. The van der Waals surface area contributed by atoms with Gasteiger partial charge in [-0.2, -0.15) is 26.3 Å². The SMILES string of the molecule is O=C(CC(c1ccccc1)C(F)(F)F)N1CCC(O)(Cn2cnc3c(cc(Cl)n3-c3ccc([C@H]4COCCN4C(=O)O)c(C(F)(F)F)c3)c2=O)CC1. The summed E-state index contributed by atoms with van der Waals surface area (Å²) in [5, 5.41) is 20.7. The number of hydrogen-bond donors (Lipinski definition) is 2. The van der Waals surface area contributed by atoms with Gasteiger partial charge in [-0.05, 0) is 42.2 Å². The molecule has 2 aliphatic rings. The number of aromatic nitrogens is 3. The fraction of sp³-hybridized carbons (Fsp3) is 0.412. The molecule has 2 fully saturated rings. The van der Waals surface area contributed by atoms with Crippen molar-refractivity contribution in [3.63, 3.8) is 0 Å². The van der Waals surface area contributed by atoms with Crippen LogP contribution in [0.3, 0.4) is 0 Å². The third-order valence-corrected chi connectivity index (χ3v) is 9.84. The number of morpholine rings is 1. The van der Waals surface area contributed by atoms with Crippen LogP contribution in [0.25, 0.3) is 16.7 Å². The van der Waals surface area contributed by atoms with Crippen LogP contribution in [0.15, 0.2) is 65.7 Å². The summed E-state index contributed by atoms with van der Waals surface area (Å²) in [6, 6.07) is 10.3. The van der Waals surface area contributed by atoms with Gasteiger partial charge in [0.15, 0.2) is 5.65 Å². The van der Waals surface area contributed by atoms with Crippen LogP contribution in [0.4, 0.5) is 31.1 Å². The monoisotopic (exact) mass is 755 g/mol. The Morgan fingerprint density at radius 2 is 1.71 bits per heavy atom. The lowest BCUT2D eigenvalue weighted by Crippen LogP contribution is -2.50. The number of hydrogen-bond acceptors (Lipinski definition) is 6. The van der Waals surface area contributed by atoms with Crippen LogP contribution in [0, 0.1) is 0 Å². The van der Waals surface area contributed by atoms with Gasteiger partial charge in [-0.15, -0.1) is 0 Å². The van der Waals surface area contributed by atoms with Crippen LogP contribution in [0.2, 0.25) is 5.15 Å². The molecule has 278 valence electrons. The molecule has 2 amide bonds. The molecular formula is C34H32ClF6N5O6. The largest absolute Gasteiger partial charge is 0.465 e. The van der Waals surface area contributed by atoms with Crippen molar-refractivity contribution < 1.29 is 50.9 Å². The number of amides is 2. The van der Waals surface area contributed by atoms with Crippen molar-refractivity contribution >= 4 is 34.6 Å². The molecule has 0 saturated carbocycles. The van der Waals surface area contributed by atoms with Crippen molar-refractivity contribution in [3.05, 3.63) is 93.1 Å². The second-order valence-electron chi connectivity index (χ2n) is 12.9. The lowest BCUT2D eigenvalue weighted by Gasteiger charge is -2.39. The van der Waals surface area contributed by atoms with Crippen molar-refractivity contribution in [3.8, 4) is 5.69 Å². The molecule has 2 saturated heterocycles. The zero-order valence-corrected chi connectivity index (χ0v) is 28.0. The number of carbonyl (C=O) groups is 2. The minimum Gasteiger partial charge on any atom is -0.465 e. The fourth-order valence-electron chi connectivity index (χ4n) is 6.81. The van der Waals surface area contributed by atoms with Crippen LogP contribution in [0.5, 0.6) is 0 Å². The summed E-state index contributed by atoms with van der Waals surface area (Å²) in [7, 11) is 0.